The number of carbonyl (C=O) groups excluding carboxylic acids is 1. The van der Waals surface area contributed by atoms with Crippen molar-refractivity contribution in [2.75, 3.05) is 5.32 Å². The van der Waals surface area contributed by atoms with Crippen LogP contribution in [-0.2, 0) is 10.3 Å². The van der Waals surface area contributed by atoms with Crippen LogP contribution in [0.3, 0.4) is 0 Å². The van der Waals surface area contributed by atoms with Crippen LogP contribution in [0.4, 0.5) is 5.69 Å². The van der Waals surface area contributed by atoms with E-state index in [1.54, 1.807) is 25.3 Å². The van der Waals surface area contributed by atoms with E-state index < -0.39 is 11.4 Å². The second kappa shape index (κ2) is 5.40. The zero-order chi connectivity index (χ0) is 13.9. The Bertz CT molecular complexity index is 588. The monoisotopic (exact) mass is 319 g/mol. The topological polar surface area (TPSA) is 68.0 Å². The number of benzene rings is 1. The van der Waals surface area contributed by atoms with Gasteiger partial charge in [0.05, 0.1) is 5.69 Å². The number of nitrogens with one attached hydrogen (secondary N) is 1. The van der Waals surface area contributed by atoms with Crippen LogP contribution in [-0.4, -0.2) is 10.9 Å². The summed E-state index contributed by atoms with van der Waals surface area (Å²) < 4.78 is 0.922. The molecule has 0 bridgehead atoms. The van der Waals surface area contributed by atoms with Crippen LogP contribution in [0.1, 0.15) is 12.6 Å². The maximum absolute atomic E-state index is 11.8. The Morgan fingerprint density at radius 1 is 1.32 bits per heavy atom. The van der Waals surface area contributed by atoms with Gasteiger partial charge in [0.15, 0.2) is 5.54 Å². The maximum atomic E-state index is 11.8. The first kappa shape index (κ1) is 13.5. The van der Waals surface area contributed by atoms with Crippen molar-refractivity contribution in [3.8, 4) is 0 Å². The van der Waals surface area contributed by atoms with E-state index in [9.17, 15) is 4.79 Å². The number of pyridine rings is 1. The molecule has 0 aliphatic carbocycles. The quantitative estimate of drug-likeness (QED) is 0.910. The predicted molar refractivity (Wildman–Crippen MR) is 78.5 cm³/mol. The lowest BCUT2D eigenvalue weighted by Gasteiger charge is -2.28. The third-order valence-electron chi connectivity index (χ3n) is 2.89. The summed E-state index contributed by atoms with van der Waals surface area (Å²) in [6, 6.07) is 12.9. The summed E-state index contributed by atoms with van der Waals surface area (Å²) >= 11 is 3.39. The molecule has 0 aliphatic heterocycles. The average Bonchev–Trinajstić information content (AvgIpc) is 2.39. The predicted octanol–water partition coefficient (Wildman–Crippen LogP) is 2.66. The van der Waals surface area contributed by atoms with E-state index in [1.165, 1.54) is 0 Å². The highest BCUT2D eigenvalue weighted by molar-refractivity contribution is 9.10. The Morgan fingerprint density at radius 2 is 2.11 bits per heavy atom. The molecule has 0 radical (unpaired) electrons. The lowest BCUT2D eigenvalue weighted by atomic mass is 9.95. The fourth-order valence-electron chi connectivity index (χ4n) is 1.77. The molecule has 1 aromatic carbocycles. The minimum atomic E-state index is -1.05. The number of nitrogens with two attached hydrogens (primary N) is 1. The summed E-state index contributed by atoms with van der Waals surface area (Å²) in [5.74, 6) is -0.480. The molecular formula is C14H14BrN3O. The van der Waals surface area contributed by atoms with E-state index >= 15 is 0 Å². The maximum Gasteiger partial charge on any atom is 0.249 e. The van der Waals surface area contributed by atoms with Crippen molar-refractivity contribution >= 4 is 27.5 Å². The molecule has 1 unspecified atom stereocenters. The van der Waals surface area contributed by atoms with E-state index in [2.05, 4.69) is 26.2 Å². The van der Waals surface area contributed by atoms with Crippen molar-refractivity contribution < 1.29 is 4.79 Å². The van der Waals surface area contributed by atoms with Crippen LogP contribution in [0.15, 0.2) is 53.1 Å². The highest BCUT2D eigenvalue weighted by Gasteiger charge is 2.34. The van der Waals surface area contributed by atoms with E-state index in [-0.39, 0.29) is 0 Å². The minimum absolute atomic E-state index is 0.480. The van der Waals surface area contributed by atoms with Gasteiger partial charge in [-0.1, -0.05) is 28.1 Å². The number of nitrogens with zero attached hydrogens (tertiary/aromatic N) is 1. The van der Waals surface area contributed by atoms with Crippen molar-refractivity contribution in [3.63, 3.8) is 0 Å². The third kappa shape index (κ3) is 2.93. The van der Waals surface area contributed by atoms with Crippen molar-refractivity contribution in [1.82, 2.24) is 4.98 Å². The molecule has 2 aromatic rings. The second-order valence-corrected chi connectivity index (χ2v) is 5.26. The van der Waals surface area contributed by atoms with Crippen LogP contribution in [0.2, 0.25) is 0 Å². The molecule has 0 fully saturated rings. The van der Waals surface area contributed by atoms with E-state index in [1.807, 2.05) is 30.3 Å². The van der Waals surface area contributed by atoms with Gasteiger partial charge in [0.1, 0.15) is 0 Å². The first-order valence-electron chi connectivity index (χ1n) is 5.77. The Morgan fingerprint density at radius 3 is 2.68 bits per heavy atom. The molecule has 0 saturated heterocycles. The van der Waals surface area contributed by atoms with E-state index in [4.69, 9.17) is 5.73 Å². The van der Waals surface area contributed by atoms with Gasteiger partial charge in [0.2, 0.25) is 5.91 Å². The summed E-state index contributed by atoms with van der Waals surface area (Å²) in [6.45, 7) is 1.72. The van der Waals surface area contributed by atoms with Crippen molar-refractivity contribution in [2.45, 2.75) is 12.5 Å². The first-order chi connectivity index (χ1) is 9.02. The Hall–Kier alpha value is -1.88. The Balaban J connectivity index is 2.39. The second-order valence-electron chi connectivity index (χ2n) is 4.34. The van der Waals surface area contributed by atoms with Gasteiger partial charge in [0, 0.05) is 16.4 Å². The van der Waals surface area contributed by atoms with Crippen LogP contribution in [0, 0.1) is 0 Å². The summed E-state index contributed by atoms with van der Waals surface area (Å²) in [5, 5.41) is 3.14. The smallest absolute Gasteiger partial charge is 0.249 e. The molecule has 0 saturated carbocycles. The van der Waals surface area contributed by atoms with Crippen LogP contribution < -0.4 is 11.1 Å². The largest absolute Gasteiger partial charge is 0.367 e. The van der Waals surface area contributed by atoms with Gasteiger partial charge < -0.3 is 11.1 Å². The van der Waals surface area contributed by atoms with Gasteiger partial charge in [-0.2, -0.15) is 0 Å². The molecule has 1 amide bonds. The number of primary amides is 1. The van der Waals surface area contributed by atoms with Gasteiger partial charge in [-0.3, -0.25) is 9.78 Å². The van der Waals surface area contributed by atoms with Gasteiger partial charge >= 0.3 is 0 Å². The Kier molecular flexibility index (Phi) is 3.85. The summed E-state index contributed by atoms with van der Waals surface area (Å²) in [6.07, 6.45) is 1.64. The van der Waals surface area contributed by atoms with Crippen molar-refractivity contribution in [1.29, 1.82) is 0 Å². The summed E-state index contributed by atoms with van der Waals surface area (Å²) in [4.78, 5) is 16.0. The summed E-state index contributed by atoms with van der Waals surface area (Å²) in [7, 11) is 0. The zero-order valence-electron chi connectivity index (χ0n) is 10.4. The average molecular weight is 320 g/mol. The molecule has 1 aromatic heterocycles. The lowest BCUT2D eigenvalue weighted by Crippen LogP contribution is -2.45. The molecule has 0 aliphatic rings. The molecule has 5 heteroatoms. The molecular weight excluding hydrogens is 306 g/mol. The number of amides is 1. The molecule has 1 atom stereocenters. The zero-order valence-corrected chi connectivity index (χ0v) is 12.0. The number of halogens is 1. The minimum Gasteiger partial charge on any atom is -0.367 e. The molecule has 3 N–H and O–H groups in total. The van der Waals surface area contributed by atoms with E-state index in [0.29, 0.717) is 5.69 Å². The number of aromatic nitrogens is 1. The highest BCUT2D eigenvalue weighted by atomic mass is 79.9. The normalized spacial score (nSPS) is 13.6. The van der Waals surface area contributed by atoms with Crippen LogP contribution in [0.5, 0.6) is 0 Å². The van der Waals surface area contributed by atoms with Crippen molar-refractivity contribution in [2.24, 2.45) is 5.73 Å². The fraction of sp³-hybridized carbons (Fsp3) is 0.143. The fourth-order valence-corrected chi connectivity index (χ4v) is 2.16. The number of rotatable bonds is 4. The summed E-state index contributed by atoms with van der Waals surface area (Å²) in [5.41, 5.74) is 5.86. The van der Waals surface area contributed by atoms with Crippen molar-refractivity contribution in [3.05, 3.63) is 58.8 Å². The lowest BCUT2D eigenvalue weighted by molar-refractivity contribution is -0.122. The number of hydrogen-bond donors (Lipinski definition) is 2. The number of anilines is 1. The number of hydrogen-bond acceptors (Lipinski definition) is 3. The molecule has 19 heavy (non-hydrogen) atoms. The van der Waals surface area contributed by atoms with Crippen LogP contribution >= 0.6 is 15.9 Å². The van der Waals surface area contributed by atoms with E-state index in [0.717, 1.165) is 10.2 Å². The Labute approximate surface area is 120 Å². The van der Waals surface area contributed by atoms with Crippen LogP contribution in [0.25, 0.3) is 0 Å². The first-order valence-corrected chi connectivity index (χ1v) is 6.57. The molecule has 0 spiro atoms. The standard InChI is InChI=1S/C14H14BrN3O/c1-14(13(16)19,12-7-2-3-8-17-12)18-11-6-4-5-10(15)9-11/h2-9,18H,1H3,(H2,16,19). The van der Waals surface area contributed by atoms with Gasteiger partial charge in [-0.25, -0.2) is 0 Å². The molecule has 98 valence electrons. The number of carbonyl (C=O) groups is 1. The third-order valence-corrected chi connectivity index (χ3v) is 3.38. The van der Waals surface area contributed by atoms with Gasteiger partial charge in [0.25, 0.3) is 0 Å². The van der Waals surface area contributed by atoms with Gasteiger partial charge in [-0.05, 0) is 37.3 Å². The highest BCUT2D eigenvalue weighted by Crippen LogP contribution is 2.26. The molecule has 2 rings (SSSR count). The molecule has 1 heterocycles. The molecule has 4 nitrogen and oxygen atoms in total. The van der Waals surface area contributed by atoms with Gasteiger partial charge in [-0.15, -0.1) is 0 Å². The SMILES string of the molecule is CC(Nc1cccc(Br)c1)(C(N)=O)c1ccccn1.